The molecular weight excluding hydrogens is 322 g/mol. The quantitative estimate of drug-likeness (QED) is 0.738. The van der Waals surface area contributed by atoms with Crippen LogP contribution in [0.15, 0.2) is 36.7 Å². The zero-order valence-corrected chi connectivity index (χ0v) is 16.7. The van der Waals surface area contributed by atoms with Crippen molar-refractivity contribution in [1.29, 1.82) is 0 Å². The van der Waals surface area contributed by atoms with E-state index < -0.39 is 0 Å². The molecule has 0 fully saturated rings. The van der Waals surface area contributed by atoms with E-state index in [1.165, 1.54) is 12.8 Å². The van der Waals surface area contributed by atoms with Gasteiger partial charge in [0.2, 0.25) is 5.91 Å². The van der Waals surface area contributed by atoms with Gasteiger partial charge >= 0.3 is 0 Å². The number of hydrogen-bond acceptors (Lipinski definition) is 3. The van der Waals surface area contributed by atoms with E-state index in [9.17, 15) is 4.79 Å². The van der Waals surface area contributed by atoms with Crippen LogP contribution >= 0.6 is 0 Å². The van der Waals surface area contributed by atoms with E-state index in [1.807, 2.05) is 30.5 Å². The van der Waals surface area contributed by atoms with Crippen LogP contribution in [0.5, 0.6) is 0 Å². The third-order valence-electron chi connectivity index (χ3n) is 4.70. The molecule has 0 unspecified atom stereocenters. The molecule has 0 saturated carbocycles. The maximum atomic E-state index is 12.3. The lowest BCUT2D eigenvalue weighted by Gasteiger charge is -2.23. The van der Waals surface area contributed by atoms with Crippen LogP contribution in [0, 0.1) is 5.41 Å². The Morgan fingerprint density at radius 3 is 2.65 bits per heavy atom. The molecule has 0 saturated heterocycles. The summed E-state index contributed by atoms with van der Waals surface area (Å²) in [6.07, 6.45) is 6.45. The first-order valence-corrected chi connectivity index (χ1v) is 9.70. The molecule has 0 aliphatic rings. The molecule has 142 valence electrons. The van der Waals surface area contributed by atoms with E-state index in [0.717, 1.165) is 36.0 Å². The van der Waals surface area contributed by atoms with E-state index in [0.29, 0.717) is 18.4 Å². The summed E-state index contributed by atoms with van der Waals surface area (Å²) in [6.45, 7) is 12.7. The number of amides is 1. The van der Waals surface area contributed by atoms with E-state index >= 15 is 0 Å². The lowest BCUT2D eigenvalue weighted by molar-refractivity contribution is -0.120. The van der Waals surface area contributed by atoms with Crippen molar-refractivity contribution in [2.45, 2.75) is 47.0 Å². The summed E-state index contributed by atoms with van der Waals surface area (Å²) >= 11 is 0. The SMILES string of the molecule is CCN(CCCC(C)(C)C)CCNC(=O)Cc1cncc2ccccc12. The van der Waals surface area contributed by atoms with Gasteiger partial charge in [-0.05, 0) is 42.3 Å². The third kappa shape index (κ3) is 6.75. The van der Waals surface area contributed by atoms with Gasteiger partial charge in [-0.25, -0.2) is 0 Å². The Bertz CT molecular complexity index is 701. The molecule has 1 amide bonds. The van der Waals surface area contributed by atoms with Crippen molar-refractivity contribution >= 4 is 16.7 Å². The van der Waals surface area contributed by atoms with Gasteiger partial charge in [-0.2, -0.15) is 0 Å². The Balaban J connectivity index is 1.77. The minimum Gasteiger partial charge on any atom is -0.355 e. The number of fused-ring (bicyclic) bond motifs is 1. The minimum atomic E-state index is 0.0638. The van der Waals surface area contributed by atoms with Crippen LogP contribution in [0.4, 0.5) is 0 Å². The molecule has 1 N–H and O–H groups in total. The molecule has 0 aliphatic heterocycles. The van der Waals surface area contributed by atoms with Crippen molar-refractivity contribution < 1.29 is 4.79 Å². The van der Waals surface area contributed by atoms with Crippen molar-refractivity contribution in [2.24, 2.45) is 5.41 Å². The fourth-order valence-corrected chi connectivity index (χ4v) is 3.17. The fourth-order valence-electron chi connectivity index (χ4n) is 3.17. The number of likely N-dealkylation sites (N-methyl/N-ethyl adjacent to an activating group) is 1. The van der Waals surface area contributed by atoms with Gasteiger partial charge in [-0.1, -0.05) is 52.0 Å². The molecule has 2 rings (SSSR count). The fraction of sp³-hybridized carbons (Fsp3) is 0.545. The second kappa shape index (κ2) is 9.67. The molecule has 4 heteroatoms. The number of hydrogen-bond donors (Lipinski definition) is 1. The van der Waals surface area contributed by atoms with Gasteiger partial charge in [0.05, 0.1) is 6.42 Å². The lowest BCUT2D eigenvalue weighted by atomic mass is 9.90. The van der Waals surface area contributed by atoms with Gasteiger partial charge < -0.3 is 10.2 Å². The second-order valence-corrected chi connectivity index (χ2v) is 8.14. The van der Waals surface area contributed by atoms with Crippen molar-refractivity contribution in [1.82, 2.24) is 15.2 Å². The maximum Gasteiger partial charge on any atom is 0.224 e. The van der Waals surface area contributed by atoms with Gasteiger partial charge in [0.15, 0.2) is 0 Å². The highest BCUT2D eigenvalue weighted by molar-refractivity contribution is 5.89. The number of carbonyl (C=O) groups is 1. The summed E-state index contributed by atoms with van der Waals surface area (Å²) in [4.78, 5) is 19.0. The molecular formula is C22H33N3O. The summed E-state index contributed by atoms with van der Waals surface area (Å²) in [7, 11) is 0. The number of aromatic nitrogens is 1. The smallest absolute Gasteiger partial charge is 0.224 e. The van der Waals surface area contributed by atoms with Crippen molar-refractivity contribution in [3.8, 4) is 0 Å². The first-order valence-electron chi connectivity index (χ1n) is 9.70. The summed E-state index contributed by atoms with van der Waals surface area (Å²) in [5.74, 6) is 0.0638. The van der Waals surface area contributed by atoms with Crippen LogP contribution in [0.2, 0.25) is 0 Å². The lowest BCUT2D eigenvalue weighted by Crippen LogP contribution is -2.36. The zero-order chi connectivity index (χ0) is 19.0. The molecule has 0 radical (unpaired) electrons. The standard InChI is InChI=1S/C22H33N3O/c1-5-25(13-8-11-22(2,3)4)14-12-24-21(26)15-19-17-23-16-18-9-6-7-10-20(18)19/h6-7,9-10,16-17H,5,8,11-15H2,1-4H3,(H,24,26). The van der Waals surface area contributed by atoms with Crippen LogP contribution in [-0.2, 0) is 11.2 Å². The predicted octanol–water partition coefficient (Wildman–Crippen LogP) is 4.04. The molecule has 0 spiro atoms. The highest BCUT2D eigenvalue weighted by Gasteiger charge is 2.11. The van der Waals surface area contributed by atoms with E-state index in [1.54, 1.807) is 6.20 Å². The number of nitrogens with one attached hydrogen (secondary N) is 1. The Morgan fingerprint density at radius 2 is 1.92 bits per heavy atom. The van der Waals surface area contributed by atoms with Crippen LogP contribution in [0.1, 0.15) is 46.1 Å². The normalized spacial score (nSPS) is 11.9. The van der Waals surface area contributed by atoms with Gasteiger partial charge in [0, 0.05) is 30.9 Å². The van der Waals surface area contributed by atoms with Gasteiger partial charge in [-0.15, -0.1) is 0 Å². The monoisotopic (exact) mass is 355 g/mol. The molecule has 0 bridgehead atoms. The minimum absolute atomic E-state index is 0.0638. The van der Waals surface area contributed by atoms with Crippen molar-refractivity contribution in [3.05, 3.63) is 42.2 Å². The zero-order valence-electron chi connectivity index (χ0n) is 16.7. The Labute approximate surface area is 158 Å². The first kappa shape index (κ1) is 20.4. The van der Waals surface area contributed by atoms with Gasteiger partial charge in [0.25, 0.3) is 0 Å². The van der Waals surface area contributed by atoms with Gasteiger partial charge in [0.1, 0.15) is 0 Å². The van der Waals surface area contributed by atoms with Crippen LogP contribution in [0.3, 0.4) is 0 Å². The number of pyridine rings is 1. The average Bonchev–Trinajstić information content (AvgIpc) is 2.59. The predicted molar refractivity (Wildman–Crippen MR) is 109 cm³/mol. The molecule has 4 nitrogen and oxygen atoms in total. The molecule has 2 aromatic rings. The third-order valence-corrected chi connectivity index (χ3v) is 4.70. The second-order valence-electron chi connectivity index (χ2n) is 8.14. The van der Waals surface area contributed by atoms with Gasteiger partial charge in [-0.3, -0.25) is 9.78 Å². The van der Waals surface area contributed by atoms with E-state index in [-0.39, 0.29) is 5.91 Å². The summed E-state index contributed by atoms with van der Waals surface area (Å²) in [6, 6.07) is 8.07. The Hall–Kier alpha value is -1.94. The molecule has 26 heavy (non-hydrogen) atoms. The number of benzene rings is 1. The van der Waals surface area contributed by atoms with E-state index in [4.69, 9.17) is 0 Å². The Morgan fingerprint density at radius 1 is 1.15 bits per heavy atom. The van der Waals surface area contributed by atoms with Crippen LogP contribution < -0.4 is 5.32 Å². The summed E-state index contributed by atoms with van der Waals surface area (Å²) < 4.78 is 0. The number of rotatable bonds is 9. The first-order chi connectivity index (χ1) is 12.4. The number of carbonyl (C=O) groups excluding carboxylic acids is 1. The average molecular weight is 356 g/mol. The van der Waals surface area contributed by atoms with E-state index in [2.05, 4.69) is 42.9 Å². The number of nitrogens with zero attached hydrogens (tertiary/aromatic N) is 2. The van der Waals surface area contributed by atoms with Crippen molar-refractivity contribution in [2.75, 3.05) is 26.2 Å². The molecule has 1 aromatic heterocycles. The largest absolute Gasteiger partial charge is 0.355 e. The maximum absolute atomic E-state index is 12.3. The molecule has 0 atom stereocenters. The molecule has 0 aliphatic carbocycles. The summed E-state index contributed by atoms with van der Waals surface area (Å²) in [5.41, 5.74) is 1.37. The highest BCUT2D eigenvalue weighted by atomic mass is 16.1. The van der Waals surface area contributed by atoms with Crippen molar-refractivity contribution in [3.63, 3.8) is 0 Å². The van der Waals surface area contributed by atoms with Crippen LogP contribution in [-0.4, -0.2) is 42.0 Å². The van der Waals surface area contributed by atoms with Crippen LogP contribution in [0.25, 0.3) is 10.8 Å². The highest BCUT2D eigenvalue weighted by Crippen LogP contribution is 2.20. The molecule has 1 heterocycles. The Kier molecular flexibility index (Phi) is 7.58. The topological polar surface area (TPSA) is 45.2 Å². The molecule has 1 aromatic carbocycles. The summed E-state index contributed by atoms with van der Waals surface area (Å²) in [5, 5.41) is 5.24.